The van der Waals surface area contributed by atoms with Crippen molar-refractivity contribution in [3.8, 4) is 5.69 Å². The van der Waals surface area contributed by atoms with Crippen molar-refractivity contribution in [2.75, 3.05) is 5.32 Å². The number of carbonyl (C=O) groups excluding carboxylic acids is 1. The molecule has 0 aliphatic rings. The minimum absolute atomic E-state index is 0.196. The van der Waals surface area contributed by atoms with Crippen molar-refractivity contribution in [1.29, 1.82) is 0 Å². The number of carbonyl (C=O) groups is 1. The van der Waals surface area contributed by atoms with Crippen molar-refractivity contribution in [1.82, 2.24) is 9.55 Å². The van der Waals surface area contributed by atoms with Gasteiger partial charge in [-0.1, -0.05) is 12.1 Å². The number of fused-ring (bicyclic) bond motifs is 1. The van der Waals surface area contributed by atoms with E-state index < -0.39 is 17.5 Å². The smallest absolute Gasteiger partial charge is 0.265 e. The number of hydrogen-bond acceptors (Lipinski definition) is 3. The summed E-state index contributed by atoms with van der Waals surface area (Å²) in [5, 5.41) is 3.05. The number of hydrogen-bond donors (Lipinski definition) is 1. The minimum atomic E-state index is -0.941. The molecular formula is C22H15F2N3O2. The van der Waals surface area contributed by atoms with Gasteiger partial charge in [-0.2, -0.15) is 0 Å². The van der Waals surface area contributed by atoms with Crippen LogP contribution in [-0.4, -0.2) is 15.5 Å². The van der Waals surface area contributed by atoms with Crippen LogP contribution >= 0.6 is 0 Å². The molecule has 0 fully saturated rings. The van der Waals surface area contributed by atoms with E-state index in [0.717, 1.165) is 12.1 Å². The predicted octanol–water partition coefficient (Wildman–Crippen LogP) is 4.22. The van der Waals surface area contributed by atoms with Crippen LogP contribution in [0.1, 0.15) is 16.2 Å². The van der Waals surface area contributed by atoms with Gasteiger partial charge in [-0.05, 0) is 55.5 Å². The summed E-state index contributed by atoms with van der Waals surface area (Å²) in [5.41, 5.74) is 1.15. The lowest BCUT2D eigenvalue weighted by Crippen LogP contribution is -2.22. The lowest BCUT2D eigenvalue weighted by Gasteiger charge is -2.12. The van der Waals surface area contributed by atoms with Crippen molar-refractivity contribution in [3.05, 3.63) is 100 Å². The van der Waals surface area contributed by atoms with Crippen LogP contribution in [0.4, 0.5) is 14.5 Å². The van der Waals surface area contributed by atoms with Crippen LogP contribution in [0.2, 0.25) is 0 Å². The van der Waals surface area contributed by atoms with E-state index in [1.165, 1.54) is 4.57 Å². The summed E-state index contributed by atoms with van der Waals surface area (Å²) >= 11 is 0. The van der Waals surface area contributed by atoms with Crippen LogP contribution in [0.5, 0.6) is 0 Å². The molecule has 3 aromatic carbocycles. The van der Waals surface area contributed by atoms with Crippen LogP contribution in [0.3, 0.4) is 0 Å². The SMILES string of the molecule is Cc1nc2ccccc2c(=O)n1-c1ccc(NC(=O)c2ccc(F)cc2F)cc1. The summed E-state index contributed by atoms with van der Waals surface area (Å²) in [6.07, 6.45) is 0. The highest BCUT2D eigenvalue weighted by molar-refractivity contribution is 6.04. The molecule has 4 rings (SSSR count). The molecule has 0 atom stereocenters. The first-order valence-corrected chi connectivity index (χ1v) is 8.79. The summed E-state index contributed by atoms with van der Waals surface area (Å²) in [6.45, 7) is 1.74. The Bertz CT molecular complexity index is 1300. The Kier molecular flexibility index (Phi) is 4.64. The van der Waals surface area contributed by atoms with Crippen LogP contribution in [-0.2, 0) is 0 Å². The molecule has 0 unspecified atom stereocenters. The Morgan fingerprint density at radius 1 is 1.00 bits per heavy atom. The maximum atomic E-state index is 13.8. The fourth-order valence-electron chi connectivity index (χ4n) is 3.11. The Morgan fingerprint density at radius 3 is 2.45 bits per heavy atom. The predicted molar refractivity (Wildman–Crippen MR) is 106 cm³/mol. The molecule has 4 aromatic rings. The van der Waals surface area contributed by atoms with E-state index >= 15 is 0 Å². The molecule has 0 aliphatic heterocycles. The number of aromatic nitrogens is 2. The van der Waals surface area contributed by atoms with Gasteiger partial charge in [0.05, 0.1) is 22.2 Å². The average molecular weight is 391 g/mol. The standard InChI is InChI=1S/C22H15F2N3O2/c1-13-25-20-5-3-2-4-18(20)22(29)27(13)16-9-7-15(8-10-16)26-21(28)17-11-6-14(23)12-19(17)24/h2-12H,1H3,(H,26,28). The third-order valence-corrected chi connectivity index (χ3v) is 4.50. The van der Waals surface area contributed by atoms with Gasteiger partial charge in [0.1, 0.15) is 17.5 Å². The summed E-state index contributed by atoms with van der Waals surface area (Å²) in [7, 11) is 0. The Morgan fingerprint density at radius 2 is 1.72 bits per heavy atom. The van der Waals surface area contributed by atoms with E-state index in [-0.39, 0.29) is 11.1 Å². The number of rotatable bonds is 3. The maximum absolute atomic E-state index is 13.8. The first kappa shape index (κ1) is 18.5. The molecule has 0 saturated carbocycles. The monoisotopic (exact) mass is 391 g/mol. The molecule has 29 heavy (non-hydrogen) atoms. The number of amides is 1. The minimum Gasteiger partial charge on any atom is -0.322 e. The highest BCUT2D eigenvalue weighted by atomic mass is 19.1. The lowest BCUT2D eigenvalue weighted by molar-refractivity contribution is 0.102. The van der Waals surface area contributed by atoms with E-state index in [1.54, 1.807) is 49.4 Å². The van der Waals surface area contributed by atoms with Crippen LogP contribution < -0.4 is 10.9 Å². The maximum Gasteiger partial charge on any atom is 0.265 e. The van der Waals surface area contributed by atoms with Gasteiger partial charge in [-0.3, -0.25) is 14.2 Å². The first-order chi connectivity index (χ1) is 13.9. The molecule has 144 valence electrons. The van der Waals surface area contributed by atoms with E-state index in [2.05, 4.69) is 10.3 Å². The fraction of sp³-hybridized carbons (Fsp3) is 0.0455. The Balaban J connectivity index is 1.64. The number of aryl methyl sites for hydroxylation is 1. The Hall–Kier alpha value is -3.87. The third-order valence-electron chi connectivity index (χ3n) is 4.50. The number of para-hydroxylation sites is 1. The molecule has 0 aliphatic carbocycles. The van der Waals surface area contributed by atoms with Crippen molar-refractivity contribution in [3.63, 3.8) is 0 Å². The summed E-state index contributed by atoms with van der Waals surface area (Å²) in [5.74, 6) is -1.87. The van der Waals surface area contributed by atoms with Gasteiger partial charge in [0.2, 0.25) is 0 Å². The average Bonchev–Trinajstić information content (AvgIpc) is 2.69. The van der Waals surface area contributed by atoms with E-state index in [4.69, 9.17) is 0 Å². The lowest BCUT2D eigenvalue weighted by atomic mass is 10.2. The summed E-state index contributed by atoms with van der Waals surface area (Å²) in [6, 6.07) is 16.3. The van der Waals surface area contributed by atoms with Crippen LogP contribution in [0.15, 0.2) is 71.5 Å². The van der Waals surface area contributed by atoms with Crippen molar-refractivity contribution < 1.29 is 13.6 Å². The van der Waals surface area contributed by atoms with E-state index in [9.17, 15) is 18.4 Å². The fourth-order valence-corrected chi connectivity index (χ4v) is 3.11. The molecule has 1 heterocycles. The molecule has 7 heteroatoms. The number of halogens is 2. The number of nitrogens with one attached hydrogen (secondary N) is 1. The summed E-state index contributed by atoms with van der Waals surface area (Å²) < 4.78 is 28.2. The van der Waals surface area contributed by atoms with E-state index in [1.807, 2.05) is 6.07 Å². The van der Waals surface area contributed by atoms with Gasteiger partial charge < -0.3 is 5.32 Å². The second-order valence-electron chi connectivity index (χ2n) is 6.44. The van der Waals surface area contributed by atoms with Gasteiger partial charge in [0, 0.05) is 11.8 Å². The molecule has 0 radical (unpaired) electrons. The topological polar surface area (TPSA) is 64.0 Å². The van der Waals surface area contributed by atoms with Gasteiger partial charge in [0.25, 0.3) is 11.5 Å². The molecule has 0 bridgehead atoms. The zero-order chi connectivity index (χ0) is 20.5. The third kappa shape index (κ3) is 3.50. The molecule has 1 amide bonds. The number of nitrogens with zero attached hydrogens (tertiary/aromatic N) is 2. The first-order valence-electron chi connectivity index (χ1n) is 8.79. The molecule has 1 aromatic heterocycles. The molecule has 0 spiro atoms. The van der Waals surface area contributed by atoms with Gasteiger partial charge in [-0.25, -0.2) is 13.8 Å². The van der Waals surface area contributed by atoms with Crippen LogP contribution in [0, 0.1) is 18.6 Å². The molecule has 1 N–H and O–H groups in total. The Labute approximate surface area is 164 Å². The van der Waals surface area contributed by atoms with E-state index in [0.29, 0.717) is 34.2 Å². The van der Waals surface area contributed by atoms with Gasteiger partial charge >= 0.3 is 0 Å². The largest absolute Gasteiger partial charge is 0.322 e. The van der Waals surface area contributed by atoms with Crippen LogP contribution in [0.25, 0.3) is 16.6 Å². The normalized spacial score (nSPS) is 10.9. The number of anilines is 1. The quantitative estimate of drug-likeness (QED) is 0.569. The molecular weight excluding hydrogens is 376 g/mol. The molecule has 0 saturated heterocycles. The highest BCUT2D eigenvalue weighted by Gasteiger charge is 2.13. The van der Waals surface area contributed by atoms with Crippen molar-refractivity contribution in [2.45, 2.75) is 6.92 Å². The van der Waals surface area contributed by atoms with Gasteiger partial charge in [-0.15, -0.1) is 0 Å². The summed E-state index contributed by atoms with van der Waals surface area (Å²) in [4.78, 5) is 29.5. The zero-order valence-corrected chi connectivity index (χ0v) is 15.3. The zero-order valence-electron chi connectivity index (χ0n) is 15.3. The second-order valence-corrected chi connectivity index (χ2v) is 6.44. The second kappa shape index (κ2) is 7.27. The van der Waals surface area contributed by atoms with Gasteiger partial charge in [0.15, 0.2) is 0 Å². The highest BCUT2D eigenvalue weighted by Crippen LogP contribution is 2.17. The van der Waals surface area contributed by atoms with Crippen molar-refractivity contribution >= 4 is 22.5 Å². The number of benzene rings is 3. The van der Waals surface area contributed by atoms with Crippen molar-refractivity contribution in [2.24, 2.45) is 0 Å². The molecule has 5 nitrogen and oxygen atoms in total.